The summed E-state index contributed by atoms with van der Waals surface area (Å²) in [6, 6.07) is 24.7. The van der Waals surface area contributed by atoms with Crippen molar-refractivity contribution >= 4 is 21.5 Å². The van der Waals surface area contributed by atoms with E-state index >= 15 is 0 Å². The van der Waals surface area contributed by atoms with Crippen molar-refractivity contribution in [2.24, 2.45) is 0 Å². The Labute approximate surface area is 235 Å². The quantitative estimate of drug-likeness (QED) is 0.0953. The molecule has 0 N–H and O–H groups in total. The summed E-state index contributed by atoms with van der Waals surface area (Å²) < 4.78 is 19.3. The lowest BCUT2D eigenvalue weighted by Crippen LogP contribution is -2.02. The van der Waals surface area contributed by atoms with Crippen molar-refractivity contribution in [1.29, 1.82) is 0 Å². The second kappa shape index (κ2) is 16.0. The third-order valence-corrected chi connectivity index (χ3v) is 7.36. The molecule has 0 heterocycles. The molecular weight excluding hydrogens is 480 g/mol. The van der Waals surface area contributed by atoms with Gasteiger partial charge in [-0.05, 0) is 43.2 Å². The van der Waals surface area contributed by atoms with E-state index in [4.69, 9.17) is 14.2 Å². The fourth-order valence-corrected chi connectivity index (χ4v) is 5.19. The van der Waals surface area contributed by atoms with Crippen LogP contribution >= 0.6 is 0 Å². The Kier molecular flexibility index (Phi) is 11.8. The van der Waals surface area contributed by atoms with Crippen LogP contribution in [0, 0.1) is 0 Å². The van der Waals surface area contributed by atoms with Gasteiger partial charge in [-0.25, -0.2) is 0 Å². The largest absolute Gasteiger partial charge is 0.492 e. The summed E-state index contributed by atoms with van der Waals surface area (Å²) in [6.45, 7) is 5.96. The zero-order chi connectivity index (χ0) is 27.1. The molecule has 0 fully saturated rings. The van der Waals surface area contributed by atoms with Crippen LogP contribution in [0.1, 0.15) is 90.9 Å². The van der Waals surface area contributed by atoms with Crippen molar-refractivity contribution in [2.45, 2.75) is 90.9 Å². The first kappa shape index (κ1) is 28.8. The highest BCUT2D eigenvalue weighted by molar-refractivity contribution is 6.11. The minimum Gasteiger partial charge on any atom is -0.492 e. The molecule has 4 rings (SSSR count). The molecule has 3 heteroatoms. The number of fused-ring (bicyclic) bond motifs is 2. The summed E-state index contributed by atoms with van der Waals surface area (Å²) in [4.78, 5) is 0. The maximum Gasteiger partial charge on any atom is 0.135 e. The van der Waals surface area contributed by atoms with Gasteiger partial charge < -0.3 is 14.2 Å². The molecule has 0 saturated heterocycles. The predicted molar refractivity (Wildman–Crippen MR) is 166 cm³/mol. The molecule has 4 aromatic carbocycles. The van der Waals surface area contributed by atoms with Crippen LogP contribution in [0.15, 0.2) is 72.8 Å². The molecule has 208 valence electrons. The van der Waals surface area contributed by atoms with E-state index in [0.29, 0.717) is 6.61 Å². The van der Waals surface area contributed by atoms with Gasteiger partial charge in [-0.1, -0.05) is 121 Å². The third-order valence-electron chi connectivity index (χ3n) is 7.36. The van der Waals surface area contributed by atoms with Crippen LogP contribution in [0.5, 0.6) is 23.0 Å². The highest BCUT2D eigenvalue weighted by atomic mass is 16.5. The van der Waals surface area contributed by atoms with E-state index in [1.807, 2.05) is 36.4 Å². The summed E-state index contributed by atoms with van der Waals surface area (Å²) in [5.41, 5.74) is 0. The van der Waals surface area contributed by atoms with E-state index < -0.39 is 0 Å². The van der Waals surface area contributed by atoms with Crippen LogP contribution in [-0.2, 0) is 0 Å². The highest BCUT2D eigenvalue weighted by Gasteiger charge is 2.17. The predicted octanol–water partition coefficient (Wildman–Crippen LogP) is 11.3. The molecule has 0 aliphatic rings. The average molecular weight is 527 g/mol. The van der Waals surface area contributed by atoms with E-state index in [1.165, 1.54) is 64.2 Å². The van der Waals surface area contributed by atoms with Gasteiger partial charge in [0.25, 0.3) is 0 Å². The molecule has 3 nitrogen and oxygen atoms in total. The van der Waals surface area contributed by atoms with Crippen LogP contribution in [-0.4, -0.2) is 13.2 Å². The molecule has 0 aliphatic heterocycles. The zero-order valence-electron chi connectivity index (χ0n) is 24.1. The van der Waals surface area contributed by atoms with Crippen LogP contribution in [0.3, 0.4) is 0 Å². The van der Waals surface area contributed by atoms with Gasteiger partial charge >= 0.3 is 0 Å². The van der Waals surface area contributed by atoms with E-state index in [-0.39, 0.29) is 0 Å². The number of rotatable bonds is 18. The Hall–Kier alpha value is -3.20. The summed E-state index contributed by atoms with van der Waals surface area (Å²) in [5.74, 6) is 3.51. The average Bonchev–Trinajstić information content (AvgIpc) is 2.97. The smallest absolute Gasteiger partial charge is 0.135 e. The van der Waals surface area contributed by atoms with Crippen molar-refractivity contribution in [1.82, 2.24) is 0 Å². The molecule has 0 saturated carbocycles. The molecule has 0 amide bonds. The molecule has 0 unspecified atom stereocenters. The maximum atomic E-state index is 6.57. The first-order valence-electron chi connectivity index (χ1n) is 15.3. The van der Waals surface area contributed by atoms with E-state index in [1.54, 1.807) is 0 Å². The van der Waals surface area contributed by atoms with Crippen molar-refractivity contribution in [3.05, 3.63) is 72.8 Å². The minimum absolute atomic E-state index is 0.715. The number of para-hydroxylation sites is 1. The van der Waals surface area contributed by atoms with Crippen molar-refractivity contribution < 1.29 is 14.2 Å². The van der Waals surface area contributed by atoms with Crippen molar-refractivity contribution in [2.75, 3.05) is 13.2 Å². The lowest BCUT2D eigenvalue weighted by Gasteiger charge is -2.19. The Bertz CT molecular complexity index is 1260. The Morgan fingerprint density at radius 3 is 1.51 bits per heavy atom. The molecule has 4 aromatic rings. The number of ether oxygens (including phenoxy) is 3. The number of hydrogen-bond acceptors (Lipinski definition) is 3. The lowest BCUT2D eigenvalue weighted by molar-refractivity contribution is 0.306. The van der Waals surface area contributed by atoms with Gasteiger partial charge in [-0.2, -0.15) is 0 Å². The van der Waals surface area contributed by atoms with Gasteiger partial charge in [-0.15, -0.1) is 0 Å². The van der Waals surface area contributed by atoms with Crippen LogP contribution in [0.2, 0.25) is 0 Å². The first-order valence-corrected chi connectivity index (χ1v) is 15.3. The SMILES string of the molecule is CCCCCCCCOc1c2ccccc2c(OCCCCCCCC)c2cc(Oc3ccccc3)ccc12. The summed E-state index contributed by atoms with van der Waals surface area (Å²) in [6.07, 6.45) is 14.9. The topological polar surface area (TPSA) is 27.7 Å². The van der Waals surface area contributed by atoms with Gasteiger partial charge in [0.2, 0.25) is 0 Å². The fourth-order valence-electron chi connectivity index (χ4n) is 5.19. The second-order valence-corrected chi connectivity index (χ2v) is 10.6. The number of unbranched alkanes of at least 4 members (excludes halogenated alkanes) is 10. The van der Waals surface area contributed by atoms with E-state index in [2.05, 4.69) is 50.2 Å². The summed E-state index contributed by atoms with van der Waals surface area (Å²) in [5, 5.41) is 4.35. The van der Waals surface area contributed by atoms with Gasteiger partial charge in [0.15, 0.2) is 0 Å². The van der Waals surface area contributed by atoms with Gasteiger partial charge in [-0.3, -0.25) is 0 Å². The number of benzene rings is 4. The van der Waals surface area contributed by atoms with Crippen LogP contribution in [0.25, 0.3) is 21.5 Å². The number of hydrogen-bond donors (Lipinski definition) is 0. The maximum absolute atomic E-state index is 6.57. The van der Waals surface area contributed by atoms with Gasteiger partial charge in [0.1, 0.15) is 23.0 Å². The normalized spacial score (nSPS) is 11.2. The Balaban J connectivity index is 1.61. The Morgan fingerprint density at radius 1 is 0.436 bits per heavy atom. The lowest BCUT2D eigenvalue weighted by atomic mass is 10.00. The molecule has 0 bridgehead atoms. The Morgan fingerprint density at radius 2 is 0.923 bits per heavy atom. The standard InChI is InChI=1S/C36H46O3/c1-3-5-7-9-11-18-26-37-35-31-22-16-17-23-32(31)36(38-27-19-12-10-8-6-4-2)34-28-30(24-25-33(34)35)39-29-20-14-13-15-21-29/h13-17,20-25,28H,3-12,18-19,26-27H2,1-2H3. The molecule has 0 radical (unpaired) electrons. The van der Waals surface area contributed by atoms with Crippen molar-refractivity contribution in [3.63, 3.8) is 0 Å². The molecule has 0 aromatic heterocycles. The molecule has 0 spiro atoms. The van der Waals surface area contributed by atoms with Crippen molar-refractivity contribution in [3.8, 4) is 23.0 Å². The van der Waals surface area contributed by atoms with E-state index in [0.717, 1.165) is 64.0 Å². The monoisotopic (exact) mass is 526 g/mol. The van der Waals surface area contributed by atoms with Crippen LogP contribution < -0.4 is 14.2 Å². The first-order chi connectivity index (χ1) is 19.3. The molecule has 0 aliphatic carbocycles. The van der Waals surface area contributed by atoms with Gasteiger partial charge in [0, 0.05) is 21.5 Å². The van der Waals surface area contributed by atoms with Gasteiger partial charge in [0.05, 0.1) is 13.2 Å². The summed E-state index contributed by atoms with van der Waals surface area (Å²) >= 11 is 0. The van der Waals surface area contributed by atoms with E-state index in [9.17, 15) is 0 Å². The summed E-state index contributed by atoms with van der Waals surface area (Å²) in [7, 11) is 0. The third kappa shape index (κ3) is 8.39. The fraction of sp³-hybridized carbons (Fsp3) is 0.444. The second-order valence-electron chi connectivity index (χ2n) is 10.6. The zero-order valence-corrected chi connectivity index (χ0v) is 24.1. The highest BCUT2D eigenvalue weighted by Crippen LogP contribution is 2.44. The molecule has 0 atom stereocenters. The van der Waals surface area contributed by atoms with Crippen LogP contribution in [0.4, 0.5) is 0 Å². The molecule has 39 heavy (non-hydrogen) atoms. The minimum atomic E-state index is 0.715. The molecular formula is C36H46O3.